The Labute approximate surface area is 216 Å². The maximum absolute atomic E-state index is 12.7. The van der Waals surface area contributed by atoms with Crippen LogP contribution in [0.1, 0.15) is 47.3 Å². The number of methoxy groups -OCH3 is 1. The molecule has 2 aliphatic rings. The lowest BCUT2D eigenvalue weighted by Gasteiger charge is -2.14. The molecule has 37 heavy (non-hydrogen) atoms. The minimum absolute atomic E-state index is 0.201. The van der Waals surface area contributed by atoms with Crippen molar-refractivity contribution in [3.8, 4) is 34.5 Å². The number of rotatable bonds is 5. The number of hydrogen-bond acceptors (Lipinski definition) is 6. The Bertz CT molecular complexity index is 1440. The fraction of sp³-hybridized carbons (Fsp3) is 0.310. The summed E-state index contributed by atoms with van der Waals surface area (Å²) in [5.74, 6) is 0.124. The second-order valence-corrected chi connectivity index (χ2v) is 9.40. The van der Waals surface area contributed by atoms with E-state index in [0.717, 1.165) is 35.2 Å². The molecule has 0 radical (unpaired) electrons. The van der Waals surface area contributed by atoms with Gasteiger partial charge in [-0.15, -0.1) is 0 Å². The van der Waals surface area contributed by atoms with Crippen molar-refractivity contribution in [2.45, 2.75) is 38.6 Å². The summed E-state index contributed by atoms with van der Waals surface area (Å²) in [6.07, 6.45) is 6.52. The van der Waals surface area contributed by atoms with Crippen LogP contribution in [0.5, 0.6) is 5.88 Å². The largest absolute Gasteiger partial charge is 0.478 e. The zero-order valence-electron chi connectivity index (χ0n) is 21.1. The summed E-state index contributed by atoms with van der Waals surface area (Å²) in [5, 5.41) is 15.4. The van der Waals surface area contributed by atoms with Crippen LogP contribution in [0, 0.1) is 18.3 Å². The molecular weight excluding hydrogens is 464 g/mol. The highest BCUT2D eigenvalue weighted by Crippen LogP contribution is 2.35. The quantitative estimate of drug-likeness (QED) is 0.423. The summed E-state index contributed by atoms with van der Waals surface area (Å²) in [6, 6.07) is 17.7. The topological polar surface area (TPSA) is 104 Å². The van der Waals surface area contributed by atoms with Crippen LogP contribution in [-0.4, -0.2) is 46.5 Å². The molecule has 1 amide bonds. The van der Waals surface area contributed by atoms with E-state index in [9.17, 15) is 4.79 Å². The van der Waals surface area contributed by atoms with Gasteiger partial charge < -0.3 is 15.4 Å². The molecule has 8 heteroatoms. The van der Waals surface area contributed by atoms with Gasteiger partial charge in [0, 0.05) is 23.4 Å². The Morgan fingerprint density at radius 3 is 2.30 bits per heavy atom. The van der Waals surface area contributed by atoms with Crippen LogP contribution in [0.25, 0.3) is 28.2 Å². The molecule has 4 aromatic rings. The molecule has 1 saturated carbocycles. The number of nitrogens with zero attached hydrogens (tertiary/aromatic N) is 4. The lowest BCUT2D eigenvalue weighted by molar-refractivity contribution is 0.0946. The highest BCUT2D eigenvalue weighted by molar-refractivity contribution is 5.94. The monoisotopic (exact) mass is 494 g/mol. The molecule has 2 fully saturated rings. The lowest BCUT2D eigenvalue weighted by atomic mass is 10.0. The molecule has 2 N–H and O–H groups in total. The molecule has 0 atom stereocenters. The average Bonchev–Trinajstić information content (AvgIpc) is 3.35. The Balaban J connectivity index is 0.000000503. The third kappa shape index (κ3) is 5.47. The number of aromatic nitrogens is 3. The second-order valence-electron chi connectivity index (χ2n) is 9.40. The van der Waals surface area contributed by atoms with Crippen molar-refractivity contribution in [2.24, 2.45) is 0 Å². The molecule has 6 rings (SSSR count). The summed E-state index contributed by atoms with van der Waals surface area (Å²) >= 11 is 0. The highest BCUT2D eigenvalue weighted by Gasteiger charge is 2.27. The minimum Gasteiger partial charge on any atom is -0.478 e. The van der Waals surface area contributed by atoms with E-state index < -0.39 is 0 Å². The number of carbonyl (C=O) groups excluding carboxylic acids is 1. The standard InChI is InChI=1S/C25H21N5O2.C4H9N/c1-15-3-7-18(8-4-15)22-21(17-9-5-16(13-26)6-10-17)29-25(32-2)23-28-20(14-30(22)23)24(31)27-19-11-12-19;1-2-4-5-3-1/h3-10,14,19H,11-12H2,1-2H3,(H,27,31);5H,1-4H2. The predicted octanol–water partition coefficient (Wildman–Crippen LogP) is 4.51. The molecule has 2 aromatic carbocycles. The number of aryl methyl sites for hydroxylation is 1. The van der Waals surface area contributed by atoms with Crippen LogP contribution < -0.4 is 15.4 Å². The van der Waals surface area contributed by atoms with Crippen molar-refractivity contribution in [3.63, 3.8) is 0 Å². The van der Waals surface area contributed by atoms with Gasteiger partial charge in [-0.1, -0.05) is 42.0 Å². The average molecular weight is 495 g/mol. The number of benzene rings is 2. The van der Waals surface area contributed by atoms with Crippen LogP contribution >= 0.6 is 0 Å². The zero-order valence-corrected chi connectivity index (χ0v) is 21.1. The van der Waals surface area contributed by atoms with E-state index in [-0.39, 0.29) is 11.9 Å². The lowest BCUT2D eigenvalue weighted by Crippen LogP contribution is -2.25. The summed E-state index contributed by atoms with van der Waals surface area (Å²) in [4.78, 5) is 22.0. The van der Waals surface area contributed by atoms with E-state index in [1.165, 1.54) is 33.0 Å². The van der Waals surface area contributed by atoms with Crippen LogP contribution in [0.4, 0.5) is 0 Å². The van der Waals surface area contributed by atoms with E-state index >= 15 is 0 Å². The first-order valence-electron chi connectivity index (χ1n) is 12.6. The van der Waals surface area contributed by atoms with Gasteiger partial charge in [-0.3, -0.25) is 9.20 Å². The van der Waals surface area contributed by atoms with Crippen molar-refractivity contribution in [1.29, 1.82) is 5.26 Å². The number of nitrogens with one attached hydrogen (secondary N) is 2. The molecule has 1 aliphatic heterocycles. The van der Waals surface area contributed by atoms with Crippen molar-refractivity contribution >= 4 is 11.6 Å². The molecule has 2 aromatic heterocycles. The number of carbonyl (C=O) groups is 1. The smallest absolute Gasteiger partial charge is 0.271 e. The fourth-order valence-corrected chi connectivity index (χ4v) is 4.27. The van der Waals surface area contributed by atoms with Crippen molar-refractivity contribution in [1.82, 2.24) is 25.0 Å². The molecule has 0 spiro atoms. The molecule has 1 aliphatic carbocycles. The van der Waals surface area contributed by atoms with Crippen molar-refractivity contribution in [2.75, 3.05) is 20.2 Å². The first-order chi connectivity index (χ1) is 18.1. The van der Waals surface area contributed by atoms with Crippen LogP contribution in [0.15, 0.2) is 54.7 Å². The third-order valence-corrected chi connectivity index (χ3v) is 6.48. The normalized spacial score (nSPS) is 14.5. The van der Waals surface area contributed by atoms with Gasteiger partial charge in [0.1, 0.15) is 5.69 Å². The Kier molecular flexibility index (Phi) is 7.15. The molecule has 0 unspecified atom stereocenters. The number of nitriles is 1. The Morgan fingerprint density at radius 2 is 1.73 bits per heavy atom. The van der Waals surface area contributed by atoms with Gasteiger partial charge in [0.15, 0.2) is 0 Å². The van der Waals surface area contributed by atoms with E-state index in [1.54, 1.807) is 18.3 Å². The fourth-order valence-electron chi connectivity index (χ4n) is 4.27. The van der Waals surface area contributed by atoms with Gasteiger partial charge in [0.25, 0.3) is 11.8 Å². The number of amides is 1. The van der Waals surface area contributed by atoms with Crippen LogP contribution in [0.2, 0.25) is 0 Å². The first-order valence-corrected chi connectivity index (χ1v) is 12.6. The Morgan fingerprint density at radius 1 is 1.05 bits per heavy atom. The molecule has 8 nitrogen and oxygen atoms in total. The van der Waals surface area contributed by atoms with E-state index in [2.05, 4.69) is 21.7 Å². The Hall–Kier alpha value is -4.22. The van der Waals surface area contributed by atoms with Gasteiger partial charge in [-0.25, -0.2) is 9.97 Å². The van der Waals surface area contributed by atoms with E-state index in [4.69, 9.17) is 15.0 Å². The van der Waals surface area contributed by atoms with Crippen LogP contribution in [-0.2, 0) is 0 Å². The minimum atomic E-state index is -0.201. The third-order valence-electron chi connectivity index (χ3n) is 6.48. The molecule has 0 bridgehead atoms. The maximum atomic E-state index is 12.7. The van der Waals surface area contributed by atoms with Crippen molar-refractivity contribution in [3.05, 3.63) is 71.5 Å². The summed E-state index contributed by atoms with van der Waals surface area (Å²) in [6.45, 7) is 4.53. The number of ether oxygens (including phenoxy) is 1. The summed E-state index contributed by atoms with van der Waals surface area (Å²) < 4.78 is 7.42. The summed E-state index contributed by atoms with van der Waals surface area (Å²) in [5.41, 5.74) is 5.74. The molecule has 1 saturated heterocycles. The number of fused-ring (bicyclic) bond motifs is 1. The van der Waals surface area contributed by atoms with E-state index in [1.807, 2.05) is 47.7 Å². The SMILES string of the molecule is C1CCNC1.COc1nc(-c2ccc(C#N)cc2)c(-c2ccc(C)cc2)n2cc(C(=O)NC3CC3)nc12. The van der Waals surface area contributed by atoms with Crippen LogP contribution in [0.3, 0.4) is 0 Å². The summed E-state index contributed by atoms with van der Waals surface area (Å²) in [7, 11) is 1.54. The molecular formula is C29H30N6O2. The molecule has 3 heterocycles. The van der Waals surface area contributed by atoms with Gasteiger partial charge in [-0.2, -0.15) is 5.26 Å². The van der Waals surface area contributed by atoms with Gasteiger partial charge >= 0.3 is 0 Å². The first kappa shape index (κ1) is 24.5. The van der Waals surface area contributed by atoms with E-state index in [0.29, 0.717) is 28.5 Å². The number of imidazole rings is 1. The second kappa shape index (κ2) is 10.8. The predicted molar refractivity (Wildman–Crippen MR) is 142 cm³/mol. The van der Waals surface area contributed by atoms with Gasteiger partial charge in [0.2, 0.25) is 5.65 Å². The maximum Gasteiger partial charge on any atom is 0.271 e. The van der Waals surface area contributed by atoms with Gasteiger partial charge in [-0.05, 0) is 57.8 Å². The zero-order chi connectivity index (χ0) is 25.8. The number of hydrogen-bond donors (Lipinski definition) is 2. The van der Waals surface area contributed by atoms with Crippen molar-refractivity contribution < 1.29 is 9.53 Å². The molecule has 188 valence electrons. The highest BCUT2D eigenvalue weighted by atomic mass is 16.5. The van der Waals surface area contributed by atoms with Gasteiger partial charge in [0.05, 0.1) is 30.1 Å².